The van der Waals surface area contributed by atoms with Gasteiger partial charge in [0.25, 0.3) is 5.91 Å². The highest BCUT2D eigenvalue weighted by atomic mass is 79.9. The number of benzene rings is 2. The minimum absolute atomic E-state index is 0.205. The Hall–Kier alpha value is -2.80. The predicted molar refractivity (Wildman–Crippen MR) is 102 cm³/mol. The molecule has 0 radical (unpaired) electrons. The third kappa shape index (κ3) is 3.88. The summed E-state index contributed by atoms with van der Waals surface area (Å²) in [5.41, 5.74) is 2.88. The van der Waals surface area contributed by atoms with Crippen LogP contribution in [-0.2, 0) is 6.54 Å². The molecule has 26 heavy (non-hydrogen) atoms. The maximum absolute atomic E-state index is 12.6. The fourth-order valence-electron chi connectivity index (χ4n) is 2.59. The van der Waals surface area contributed by atoms with Gasteiger partial charge in [-0.15, -0.1) is 0 Å². The second kappa shape index (κ2) is 8.05. The Bertz CT molecular complexity index is 924. The van der Waals surface area contributed by atoms with Crippen molar-refractivity contribution in [1.29, 1.82) is 0 Å². The van der Waals surface area contributed by atoms with Gasteiger partial charge in [-0.25, -0.2) is 0 Å². The van der Waals surface area contributed by atoms with Crippen molar-refractivity contribution >= 4 is 21.8 Å². The summed E-state index contributed by atoms with van der Waals surface area (Å²) >= 11 is 3.43. The molecule has 1 amide bonds. The average Bonchev–Trinajstić information content (AvgIpc) is 3.15. The van der Waals surface area contributed by atoms with Crippen molar-refractivity contribution in [3.05, 3.63) is 64.3 Å². The monoisotopic (exact) mass is 415 g/mol. The van der Waals surface area contributed by atoms with Crippen molar-refractivity contribution in [2.45, 2.75) is 6.54 Å². The van der Waals surface area contributed by atoms with Crippen LogP contribution in [0.1, 0.15) is 15.9 Å². The fourth-order valence-corrected chi connectivity index (χ4v) is 3.04. The number of rotatable bonds is 6. The van der Waals surface area contributed by atoms with Gasteiger partial charge >= 0.3 is 0 Å². The number of carbonyl (C=O) groups is 1. The summed E-state index contributed by atoms with van der Waals surface area (Å²) in [7, 11) is 3.15. The number of ether oxygens (including phenoxy) is 2. The molecular formula is C19H18BrN3O3. The number of halogens is 1. The minimum Gasteiger partial charge on any atom is -0.493 e. The molecule has 3 aromatic rings. The lowest BCUT2D eigenvalue weighted by Gasteiger charge is -2.10. The molecule has 0 aliphatic heterocycles. The summed E-state index contributed by atoms with van der Waals surface area (Å²) in [5, 5.41) is 9.82. The Labute approximate surface area is 159 Å². The lowest BCUT2D eigenvalue weighted by atomic mass is 10.1. The van der Waals surface area contributed by atoms with Gasteiger partial charge in [0.2, 0.25) is 0 Å². The van der Waals surface area contributed by atoms with E-state index in [-0.39, 0.29) is 5.91 Å². The molecular weight excluding hydrogens is 398 g/mol. The van der Waals surface area contributed by atoms with Gasteiger partial charge in [0, 0.05) is 16.6 Å². The number of hydrogen-bond acceptors (Lipinski definition) is 4. The Morgan fingerprint density at radius 3 is 2.69 bits per heavy atom. The number of aromatic amines is 1. The third-order valence-corrected chi connectivity index (χ3v) is 4.39. The second-order valence-corrected chi connectivity index (χ2v) is 6.46. The highest BCUT2D eigenvalue weighted by molar-refractivity contribution is 9.10. The zero-order valence-corrected chi connectivity index (χ0v) is 16.0. The average molecular weight is 416 g/mol. The maximum Gasteiger partial charge on any atom is 0.255 e. The molecule has 134 valence electrons. The van der Waals surface area contributed by atoms with Crippen LogP contribution < -0.4 is 14.8 Å². The van der Waals surface area contributed by atoms with Gasteiger partial charge < -0.3 is 14.8 Å². The van der Waals surface area contributed by atoms with E-state index in [1.54, 1.807) is 26.4 Å². The van der Waals surface area contributed by atoms with Crippen LogP contribution in [0.25, 0.3) is 11.3 Å². The lowest BCUT2D eigenvalue weighted by molar-refractivity contribution is 0.0951. The van der Waals surface area contributed by atoms with E-state index in [1.807, 2.05) is 30.3 Å². The molecule has 0 spiro atoms. The van der Waals surface area contributed by atoms with Crippen LogP contribution >= 0.6 is 15.9 Å². The molecule has 1 aromatic heterocycles. The molecule has 0 bridgehead atoms. The standard InChI is InChI=1S/C19H18BrN3O3/c1-25-16-7-6-13(9-17(16)26-2)18-15(11-22-23-18)19(24)21-10-12-4-3-5-14(20)8-12/h3-9,11H,10H2,1-2H3,(H,21,24)(H,22,23). The van der Waals surface area contributed by atoms with E-state index in [1.165, 1.54) is 6.20 Å². The molecule has 1 heterocycles. The number of aromatic nitrogens is 2. The number of nitrogens with one attached hydrogen (secondary N) is 2. The van der Waals surface area contributed by atoms with E-state index in [4.69, 9.17) is 9.47 Å². The SMILES string of the molecule is COc1ccc(-c2[nH]ncc2C(=O)NCc2cccc(Br)c2)cc1OC. The van der Waals surface area contributed by atoms with Crippen LogP contribution in [-0.4, -0.2) is 30.3 Å². The molecule has 0 fully saturated rings. The van der Waals surface area contributed by atoms with Crippen molar-refractivity contribution in [3.63, 3.8) is 0 Å². The second-order valence-electron chi connectivity index (χ2n) is 5.54. The molecule has 2 N–H and O–H groups in total. The van der Waals surface area contributed by atoms with Crippen LogP contribution in [0, 0.1) is 0 Å². The van der Waals surface area contributed by atoms with Gasteiger partial charge in [-0.1, -0.05) is 28.1 Å². The smallest absolute Gasteiger partial charge is 0.255 e. The van der Waals surface area contributed by atoms with Gasteiger partial charge in [-0.05, 0) is 35.9 Å². The normalized spacial score (nSPS) is 10.4. The number of hydrogen-bond donors (Lipinski definition) is 2. The maximum atomic E-state index is 12.6. The Morgan fingerprint density at radius 1 is 1.15 bits per heavy atom. The molecule has 3 rings (SSSR count). The van der Waals surface area contributed by atoms with E-state index >= 15 is 0 Å². The molecule has 0 aliphatic rings. The zero-order valence-electron chi connectivity index (χ0n) is 14.4. The van der Waals surface area contributed by atoms with Crippen molar-refractivity contribution in [3.8, 4) is 22.8 Å². The van der Waals surface area contributed by atoms with Crippen LogP contribution in [0.3, 0.4) is 0 Å². The molecule has 2 aromatic carbocycles. The fraction of sp³-hybridized carbons (Fsp3) is 0.158. The van der Waals surface area contributed by atoms with Crippen LogP contribution in [0.2, 0.25) is 0 Å². The molecule has 0 unspecified atom stereocenters. The van der Waals surface area contributed by atoms with Crippen molar-refractivity contribution < 1.29 is 14.3 Å². The lowest BCUT2D eigenvalue weighted by Crippen LogP contribution is -2.23. The molecule has 0 saturated heterocycles. The highest BCUT2D eigenvalue weighted by Gasteiger charge is 2.16. The first kappa shape index (κ1) is 18.0. The van der Waals surface area contributed by atoms with E-state index in [0.29, 0.717) is 29.3 Å². The summed E-state index contributed by atoms with van der Waals surface area (Å²) in [6.45, 7) is 0.425. The van der Waals surface area contributed by atoms with Crippen molar-refractivity contribution in [2.75, 3.05) is 14.2 Å². The first-order chi connectivity index (χ1) is 12.6. The summed E-state index contributed by atoms with van der Waals surface area (Å²) in [6, 6.07) is 13.2. The zero-order chi connectivity index (χ0) is 18.5. The van der Waals surface area contributed by atoms with E-state index in [2.05, 4.69) is 31.4 Å². The topological polar surface area (TPSA) is 76.2 Å². The van der Waals surface area contributed by atoms with Gasteiger partial charge in [0.1, 0.15) is 0 Å². The summed E-state index contributed by atoms with van der Waals surface area (Å²) in [6.07, 6.45) is 1.52. The Balaban J connectivity index is 1.80. The largest absolute Gasteiger partial charge is 0.493 e. The molecule has 6 nitrogen and oxygen atoms in total. The van der Waals surface area contributed by atoms with Gasteiger partial charge in [-0.2, -0.15) is 5.10 Å². The van der Waals surface area contributed by atoms with Gasteiger partial charge in [0.05, 0.1) is 31.7 Å². The summed E-state index contributed by atoms with van der Waals surface area (Å²) < 4.78 is 11.5. The van der Waals surface area contributed by atoms with Crippen LogP contribution in [0.15, 0.2) is 53.1 Å². The molecule has 0 aliphatic carbocycles. The predicted octanol–water partition coefficient (Wildman–Crippen LogP) is 3.79. The first-order valence-corrected chi connectivity index (χ1v) is 8.70. The van der Waals surface area contributed by atoms with E-state index in [9.17, 15) is 4.79 Å². The van der Waals surface area contributed by atoms with E-state index in [0.717, 1.165) is 15.6 Å². The number of H-pyrrole nitrogens is 1. The van der Waals surface area contributed by atoms with Gasteiger partial charge in [0.15, 0.2) is 11.5 Å². The third-order valence-electron chi connectivity index (χ3n) is 3.90. The van der Waals surface area contributed by atoms with E-state index < -0.39 is 0 Å². The first-order valence-electron chi connectivity index (χ1n) is 7.90. The summed E-state index contributed by atoms with van der Waals surface area (Å²) in [4.78, 5) is 12.6. The quantitative estimate of drug-likeness (QED) is 0.641. The molecule has 0 atom stereocenters. The van der Waals surface area contributed by atoms with Gasteiger partial charge in [-0.3, -0.25) is 9.89 Å². The van der Waals surface area contributed by atoms with Crippen LogP contribution in [0.5, 0.6) is 11.5 Å². The number of nitrogens with zero attached hydrogens (tertiary/aromatic N) is 1. The Morgan fingerprint density at radius 2 is 1.96 bits per heavy atom. The number of carbonyl (C=O) groups excluding carboxylic acids is 1. The Kier molecular flexibility index (Phi) is 5.58. The minimum atomic E-state index is -0.205. The summed E-state index contributed by atoms with van der Waals surface area (Å²) in [5.74, 6) is 1.00. The molecule has 0 saturated carbocycles. The van der Waals surface area contributed by atoms with Crippen molar-refractivity contribution in [1.82, 2.24) is 15.5 Å². The number of methoxy groups -OCH3 is 2. The molecule has 7 heteroatoms. The van der Waals surface area contributed by atoms with Crippen LogP contribution in [0.4, 0.5) is 0 Å². The number of amides is 1. The van der Waals surface area contributed by atoms with Crippen molar-refractivity contribution in [2.24, 2.45) is 0 Å². The highest BCUT2D eigenvalue weighted by Crippen LogP contribution is 2.32.